The van der Waals surface area contributed by atoms with Gasteiger partial charge < -0.3 is 14.9 Å². The Bertz CT molecular complexity index is 243. The van der Waals surface area contributed by atoms with E-state index in [-0.39, 0.29) is 18.6 Å². The molecule has 4 nitrogen and oxygen atoms in total. The van der Waals surface area contributed by atoms with Crippen LogP contribution in [0, 0.1) is 0 Å². The highest BCUT2D eigenvalue weighted by molar-refractivity contribution is 5.66. The summed E-state index contributed by atoms with van der Waals surface area (Å²) in [5, 5.41) is 18.4. The van der Waals surface area contributed by atoms with E-state index in [9.17, 15) is 9.90 Å². The monoisotopic (exact) mass is 302 g/mol. The van der Waals surface area contributed by atoms with E-state index < -0.39 is 5.97 Å². The van der Waals surface area contributed by atoms with Gasteiger partial charge in [-0.3, -0.25) is 4.79 Å². The smallest absolute Gasteiger partial charge is 0.303 e. The number of carboxylic acid groups (broad SMARTS) is 1. The van der Waals surface area contributed by atoms with Crippen molar-refractivity contribution in [1.29, 1.82) is 0 Å². The van der Waals surface area contributed by atoms with Gasteiger partial charge in [0.05, 0.1) is 18.8 Å². The predicted octanol–water partition coefficient (Wildman–Crippen LogP) is 4.15. The molecule has 21 heavy (non-hydrogen) atoms. The maximum Gasteiger partial charge on any atom is 0.303 e. The van der Waals surface area contributed by atoms with Crippen LogP contribution in [0.25, 0.3) is 0 Å². The fourth-order valence-electron chi connectivity index (χ4n) is 2.31. The van der Waals surface area contributed by atoms with Gasteiger partial charge in [0.15, 0.2) is 0 Å². The maximum absolute atomic E-state index is 10.4. The number of rotatable bonds is 15. The topological polar surface area (TPSA) is 66.8 Å². The molecule has 0 aromatic carbocycles. The van der Waals surface area contributed by atoms with Gasteiger partial charge in [0.2, 0.25) is 0 Å². The highest BCUT2D eigenvalue weighted by Gasteiger charge is 2.08. The fraction of sp³-hybridized carbons (Fsp3) is 0.941. The molecular weight excluding hydrogens is 268 g/mol. The van der Waals surface area contributed by atoms with Crippen molar-refractivity contribution in [2.24, 2.45) is 0 Å². The van der Waals surface area contributed by atoms with Gasteiger partial charge in [0, 0.05) is 6.42 Å². The number of aliphatic carboxylic acids is 1. The van der Waals surface area contributed by atoms with Crippen LogP contribution in [0.1, 0.15) is 84.5 Å². The van der Waals surface area contributed by atoms with Crippen molar-refractivity contribution >= 4 is 5.97 Å². The first-order valence-electron chi connectivity index (χ1n) is 8.57. The average molecular weight is 302 g/mol. The summed E-state index contributed by atoms with van der Waals surface area (Å²) in [4.78, 5) is 10.4. The molecule has 0 spiro atoms. The molecule has 0 aromatic rings. The van der Waals surface area contributed by atoms with E-state index in [0.717, 1.165) is 25.7 Å². The number of unbranched alkanes of at least 4 members (excludes halogenated alkanes) is 6. The summed E-state index contributed by atoms with van der Waals surface area (Å²) in [7, 11) is 0. The van der Waals surface area contributed by atoms with Gasteiger partial charge in [-0.25, -0.2) is 0 Å². The number of ether oxygens (including phenoxy) is 1. The predicted molar refractivity (Wildman–Crippen MR) is 85.5 cm³/mol. The summed E-state index contributed by atoms with van der Waals surface area (Å²) in [5.41, 5.74) is 0. The molecule has 2 atom stereocenters. The van der Waals surface area contributed by atoms with Crippen LogP contribution < -0.4 is 0 Å². The molecule has 0 heterocycles. The molecule has 0 radical (unpaired) electrons. The maximum atomic E-state index is 10.4. The molecule has 0 amide bonds. The Balaban J connectivity index is 3.37. The number of aliphatic hydroxyl groups excluding tert-OH is 1. The summed E-state index contributed by atoms with van der Waals surface area (Å²) >= 11 is 0. The largest absolute Gasteiger partial charge is 0.481 e. The Hall–Kier alpha value is -0.610. The first-order valence-corrected chi connectivity index (χ1v) is 8.57. The number of carboxylic acids is 1. The quantitative estimate of drug-likeness (QED) is 0.446. The molecule has 0 aromatic heterocycles. The molecule has 2 unspecified atom stereocenters. The molecule has 4 heteroatoms. The number of carbonyl (C=O) groups is 1. The van der Waals surface area contributed by atoms with Crippen LogP contribution in [0.15, 0.2) is 0 Å². The van der Waals surface area contributed by atoms with Gasteiger partial charge in [-0.2, -0.15) is 0 Å². The van der Waals surface area contributed by atoms with Crippen molar-refractivity contribution in [3.8, 4) is 0 Å². The van der Waals surface area contributed by atoms with Gasteiger partial charge in [-0.1, -0.05) is 51.9 Å². The molecular formula is C17H34O4. The van der Waals surface area contributed by atoms with Crippen molar-refractivity contribution in [3.63, 3.8) is 0 Å². The Morgan fingerprint density at radius 1 is 1.00 bits per heavy atom. The minimum absolute atomic E-state index is 0.0954. The summed E-state index contributed by atoms with van der Waals surface area (Å²) in [6.07, 6.45) is 10.6. The lowest BCUT2D eigenvalue weighted by molar-refractivity contribution is -0.137. The molecule has 0 fully saturated rings. The van der Waals surface area contributed by atoms with Gasteiger partial charge in [0.25, 0.3) is 0 Å². The normalized spacial score (nSPS) is 14.0. The number of hydrogen-bond acceptors (Lipinski definition) is 3. The molecule has 0 aliphatic carbocycles. The average Bonchev–Trinajstić information content (AvgIpc) is 2.45. The summed E-state index contributed by atoms with van der Waals surface area (Å²) < 4.78 is 5.61. The SMILES string of the molecule is CCCCCCCCC(O)COC(C)CCCCC(=O)O. The lowest BCUT2D eigenvalue weighted by Crippen LogP contribution is -2.20. The first kappa shape index (κ1) is 20.4. The Labute approximate surface area is 129 Å². The zero-order valence-corrected chi connectivity index (χ0v) is 13.9. The van der Waals surface area contributed by atoms with E-state index in [1.54, 1.807) is 0 Å². The summed E-state index contributed by atoms with van der Waals surface area (Å²) in [6, 6.07) is 0. The van der Waals surface area contributed by atoms with E-state index in [1.165, 1.54) is 32.1 Å². The zero-order valence-electron chi connectivity index (χ0n) is 13.9. The van der Waals surface area contributed by atoms with E-state index in [1.807, 2.05) is 6.92 Å². The summed E-state index contributed by atoms with van der Waals surface area (Å²) in [6.45, 7) is 4.59. The molecule has 0 saturated heterocycles. The highest BCUT2D eigenvalue weighted by atomic mass is 16.5. The third kappa shape index (κ3) is 15.6. The molecule has 126 valence electrons. The number of aliphatic hydroxyl groups is 1. The Kier molecular flexibility index (Phi) is 13.9. The number of hydrogen-bond donors (Lipinski definition) is 2. The minimum atomic E-state index is -0.738. The van der Waals surface area contributed by atoms with Crippen LogP contribution >= 0.6 is 0 Å². The van der Waals surface area contributed by atoms with E-state index in [2.05, 4.69) is 6.92 Å². The van der Waals surface area contributed by atoms with Crippen molar-refractivity contribution in [1.82, 2.24) is 0 Å². The zero-order chi connectivity index (χ0) is 15.9. The second-order valence-electron chi connectivity index (χ2n) is 5.99. The van der Waals surface area contributed by atoms with E-state index in [0.29, 0.717) is 13.0 Å². The Morgan fingerprint density at radius 2 is 1.62 bits per heavy atom. The van der Waals surface area contributed by atoms with Crippen molar-refractivity contribution in [2.45, 2.75) is 96.7 Å². The Morgan fingerprint density at radius 3 is 2.29 bits per heavy atom. The molecule has 0 saturated carbocycles. The van der Waals surface area contributed by atoms with E-state index >= 15 is 0 Å². The van der Waals surface area contributed by atoms with Gasteiger partial charge in [-0.05, 0) is 26.2 Å². The second kappa shape index (κ2) is 14.3. The van der Waals surface area contributed by atoms with Crippen LogP contribution in [-0.2, 0) is 9.53 Å². The standard InChI is InChI=1S/C17H34O4/c1-3-4-5-6-7-8-12-16(18)14-21-15(2)11-9-10-13-17(19)20/h15-16,18H,3-14H2,1-2H3,(H,19,20). The first-order chi connectivity index (χ1) is 10.1. The molecule has 0 aliphatic heterocycles. The van der Waals surface area contributed by atoms with Gasteiger partial charge >= 0.3 is 5.97 Å². The van der Waals surface area contributed by atoms with Crippen LogP contribution in [0.3, 0.4) is 0 Å². The van der Waals surface area contributed by atoms with Crippen molar-refractivity contribution in [2.75, 3.05) is 6.61 Å². The highest BCUT2D eigenvalue weighted by Crippen LogP contribution is 2.11. The van der Waals surface area contributed by atoms with Crippen molar-refractivity contribution in [3.05, 3.63) is 0 Å². The van der Waals surface area contributed by atoms with Crippen LogP contribution in [0.4, 0.5) is 0 Å². The second-order valence-corrected chi connectivity index (χ2v) is 5.99. The van der Waals surface area contributed by atoms with Crippen LogP contribution in [-0.4, -0.2) is 35.0 Å². The lowest BCUT2D eigenvalue weighted by Gasteiger charge is -2.16. The van der Waals surface area contributed by atoms with E-state index in [4.69, 9.17) is 9.84 Å². The van der Waals surface area contributed by atoms with Crippen LogP contribution in [0.5, 0.6) is 0 Å². The molecule has 0 aliphatic rings. The molecule has 0 rings (SSSR count). The molecule has 2 N–H and O–H groups in total. The third-order valence-electron chi connectivity index (χ3n) is 3.72. The van der Waals surface area contributed by atoms with Gasteiger partial charge in [-0.15, -0.1) is 0 Å². The third-order valence-corrected chi connectivity index (χ3v) is 3.72. The lowest BCUT2D eigenvalue weighted by atomic mass is 10.1. The minimum Gasteiger partial charge on any atom is -0.481 e. The van der Waals surface area contributed by atoms with Crippen LogP contribution in [0.2, 0.25) is 0 Å². The fourth-order valence-corrected chi connectivity index (χ4v) is 2.31. The summed E-state index contributed by atoms with van der Waals surface area (Å²) in [5.74, 6) is -0.738. The van der Waals surface area contributed by atoms with Gasteiger partial charge in [0.1, 0.15) is 0 Å². The van der Waals surface area contributed by atoms with Crippen molar-refractivity contribution < 1.29 is 19.7 Å². The molecule has 0 bridgehead atoms.